The second kappa shape index (κ2) is 4.42. The third kappa shape index (κ3) is 2.16. The van der Waals surface area contributed by atoms with Gasteiger partial charge in [-0.3, -0.25) is 14.3 Å². The number of nitrogens with zero attached hydrogens (tertiary/aromatic N) is 1. The van der Waals surface area contributed by atoms with Crippen LogP contribution in [0.25, 0.3) is 0 Å². The molecule has 2 N–H and O–H groups in total. The fourth-order valence-corrected chi connectivity index (χ4v) is 1.82. The first-order chi connectivity index (χ1) is 8.02. The number of aromatic amines is 1. The highest BCUT2D eigenvalue weighted by atomic mass is 19.1. The van der Waals surface area contributed by atoms with E-state index < -0.39 is 36.4 Å². The SMILES string of the molecule is Cc1cn([C@H]2CC(O)[C@@H](CF)O2)c(=O)[nH]c1=O. The number of aliphatic hydroxyl groups is 1. The van der Waals surface area contributed by atoms with Crippen molar-refractivity contribution in [3.63, 3.8) is 0 Å². The topological polar surface area (TPSA) is 84.3 Å². The zero-order valence-corrected chi connectivity index (χ0v) is 9.22. The molecule has 0 bridgehead atoms. The van der Waals surface area contributed by atoms with E-state index in [0.29, 0.717) is 5.56 Å². The molecule has 1 aromatic heterocycles. The molecular weight excluding hydrogens is 231 g/mol. The van der Waals surface area contributed by atoms with Crippen LogP contribution in [0.1, 0.15) is 18.2 Å². The summed E-state index contributed by atoms with van der Waals surface area (Å²) in [5, 5.41) is 9.48. The van der Waals surface area contributed by atoms with E-state index in [0.717, 1.165) is 4.57 Å². The van der Waals surface area contributed by atoms with Crippen molar-refractivity contribution in [1.82, 2.24) is 9.55 Å². The number of rotatable bonds is 2. The number of hydrogen-bond acceptors (Lipinski definition) is 4. The molecule has 2 rings (SSSR count). The van der Waals surface area contributed by atoms with Gasteiger partial charge in [0.25, 0.3) is 5.56 Å². The summed E-state index contributed by atoms with van der Waals surface area (Å²) >= 11 is 0. The van der Waals surface area contributed by atoms with Crippen LogP contribution in [-0.4, -0.2) is 33.5 Å². The van der Waals surface area contributed by atoms with Crippen molar-refractivity contribution in [2.45, 2.75) is 31.8 Å². The normalized spacial score (nSPS) is 28.5. The standard InChI is InChI=1S/C10H13FN2O4/c1-5-4-13(10(16)12-9(5)15)8-2-6(14)7(3-11)17-8/h4,6-8,14H,2-3H2,1H3,(H,12,15,16)/t6?,7-,8-/m1/s1. The monoisotopic (exact) mass is 244 g/mol. The number of alkyl halides is 1. The van der Waals surface area contributed by atoms with Gasteiger partial charge in [0.05, 0.1) is 6.10 Å². The van der Waals surface area contributed by atoms with Crippen LogP contribution in [0, 0.1) is 6.92 Å². The Labute approximate surface area is 95.7 Å². The highest BCUT2D eigenvalue weighted by Crippen LogP contribution is 2.27. The average Bonchev–Trinajstić information content (AvgIpc) is 2.65. The Kier molecular flexibility index (Phi) is 3.12. The Balaban J connectivity index is 2.34. The molecule has 6 nitrogen and oxygen atoms in total. The molecule has 1 aliphatic rings. The maximum atomic E-state index is 12.5. The summed E-state index contributed by atoms with van der Waals surface area (Å²) in [6.45, 7) is 0.738. The summed E-state index contributed by atoms with van der Waals surface area (Å²) in [7, 11) is 0. The zero-order chi connectivity index (χ0) is 12.6. The molecule has 2 heterocycles. The lowest BCUT2D eigenvalue weighted by Crippen LogP contribution is -2.33. The van der Waals surface area contributed by atoms with Gasteiger partial charge in [0.15, 0.2) is 0 Å². The van der Waals surface area contributed by atoms with Crippen LogP contribution < -0.4 is 11.2 Å². The van der Waals surface area contributed by atoms with Crippen LogP contribution in [0.5, 0.6) is 0 Å². The fraction of sp³-hybridized carbons (Fsp3) is 0.600. The van der Waals surface area contributed by atoms with Crippen LogP contribution in [0.3, 0.4) is 0 Å². The third-order valence-corrected chi connectivity index (χ3v) is 2.81. The summed E-state index contributed by atoms with van der Waals surface area (Å²) < 4.78 is 18.8. The van der Waals surface area contributed by atoms with E-state index in [1.165, 1.54) is 6.20 Å². The number of halogens is 1. The van der Waals surface area contributed by atoms with E-state index in [9.17, 15) is 19.1 Å². The minimum atomic E-state index is -0.941. The zero-order valence-electron chi connectivity index (χ0n) is 9.22. The van der Waals surface area contributed by atoms with E-state index in [2.05, 4.69) is 4.98 Å². The van der Waals surface area contributed by atoms with Gasteiger partial charge < -0.3 is 9.84 Å². The van der Waals surface area contributed by atoms with E-state index in [-0.39, 0.29) is 6.42 Å². The maximum absolute atomic E-state index is 12.5. The lowest BCUT2D eigenvalue weighted by Gasteiger charge is -2.14. The predicted molar refractivity (Wildman–Crippen MR) is 56.6 cm³/mol. The molecule has 7 heteroatoms. The van der Waals surface area contributed by atoms with Gasteiger partial charge in [-0.25, -0.2) is 9.18 Å². The number of aromatic nitrogens is 2. The minimum absolute atomic E-state index is 0.125. The van der Waals surface area contributed by atoms with Crippen LogP contribution in [0.4, 0.5) is 4.39 Å². The molecule has 1 saturated heterocycles. The second-order valence-corrected chi connectivity index (χ2v) is 4.07. The highest BCUT2D eigenvalue weighted by Gasteiger charge is 2.35. The molecule has 0 saturated carbocycles. The molecule has 0 spiro atoms. The Bertz CT molecular complexity index is 524. The van der Waals surface area contributed by atoms with Crippen molar-refractivity contribution in [2.75, 3.05) is 6.67 Å². The van der Waals surface area contributed by atoms with Crippen LogP contribution in [0.2, 0.25) is 0 Å². The first kappa shape index (κ1) is 12.0. The Morgan fingerprint density at radius 3 is 2.94 bits per heavy atom. The van der Waals surface area contributed by atoms with Crippen LogP contribution >= 0.6 is 0 Å². The Morgan fingerprint density at radius 2 is 2.35 bits per heavy atom. The van der Waals surface area contributed by atoms with E-state index >= 15 is 0 Å². The number of ether oxygens (including phenoxy) is 1. The van der Waals surface area contributed by atoms with Gasteiger partial charge in [0.2, 0.25) is 0 Å². The molecule has 1 aliphatic heterocycles. The maximum Gasteiger partial charge on any atom is 0.330 e. The lowest BCUT2D eigenvalue weighted by atomic mass is 10.2. The van der Waals surface area contributed by atoms with Crippen molar-refractivity contribution < 1.29 is 14.2 Å². The molecule has 0 aliphatic carbocycles. The first-order valence-corrected chi connectivity index (χ1v) is 5.24. The summed E-state index contributed by atoms with van der Waals surface area (Å²) in [6.07, 6.45) is -1.13. The first-order valence-electron chi connectivity index (χ1n) is 5.24. The molecule has 0 radical (unpaired) electrons. The highest BCUT2D eigenvalue weighted by molar-refractivity contribution is 5.02. The molecular formula is C10H13FN2O4. The van der Waals surface area contributed by atoms with Gasteiger partial charge in [-0.05, 0) is 6.92 Å². The van der Waals surface area contributed by atoms with E-state index in [4.69, 9.17) is 4.74 Å². The predicted octanol–water partition coefficient (Wildman–Crippen LogP) is -0.537. The lowest BCUT2D eigenvalue weighted by molar-refractivity contribution is -0.0312. The quantitative estimate of drug-likeness (QED) is 0.732. The molecule has 1 fully saturated rings. The van der Waals surface area contributed by atoms with Crippen molar-refractivity contribution in [2.24, 2.45) is 0 Å². The number of hydrogen-bond donors (Lipinski definition) is 2. The van der Waals surface area contributed by atoms with E-state index in [1.54, 1.807) is 6.92 Å². The second-order valence-electron chi connectivity index (χ2n) is 4.07. The molecule has 0 amide bonds. The van der Waals surface area contributed by atoms with Crippen molar-refractivity contribution in [1.29, 1.82) is 0 Å². The van der Waals surface area contributed by atoms with Gasteiger partial charge in [0.1, 0.15) is 19.0 Å². The molecule has 1 unspecified atom stereocenters. The van der Waals surface area contributed by atoms with Crippen LogP contribution in [0.15, 0.2) is 15.8 Å². The number of aryl methyl sites for hydroxylation is 1. The molecule has 17 heavy (non-hydrogen) atoms. The molecule has 94 valence electrons. The Hall–Kier alpha value is -1.47. The van der Waals surface area contributed by atoms with Crippen molar-refractivity contribution in [3.05, 3.63) is 32.6 Å². The number of aliphatic hydroxyl groups excluding tert-OH is 1. The van der Waals surface area contributed by atoms with Gasteiger partial charge in [-0.2, -0.15) is 0 Å². The largest absolute Gasteiger partial charge is 0.390 e. The number of H-pyrrole nitrogens is 1. The van der Waals surface area contributed by atoms with Crippen LogP contribution in [-0.2, 0) is 4.74 Å². The van der Waals surface area contributed by atoms with Crippen molar-refractivity contribution >= 4 is 0 Å². The van der Waals surface area contributed by atoms with Gasteiger partial charge in [-0.15, -0.1) is 0 Å². The van der Waals surface area contributed by atoms with Crippen molar-refractivity contribution in [3.8, 4) is 0 Å². The Morgan fingerprint density at radius 1 is 1.65 bits per heavy atom. The van der Waals surface area contributed by atoms with Gasteiger partial charge in [0, 0.05) is 18.2 Å². The third-order valence-electron chi connectivity index (χ3n) is 2.81. The summed E-state index contributed by atoms with van der Waals surface area (Å²) in [4.78, 5) is 24.8. The summed E-state index contributed by atoms with van der Waals surface area (Å²) in [5.41, 5.74) is -0.740. The number of nitrogens with one attached hydrogen (secondary N) is 1. The smallest absolute Gasteiger partial charge is 0.330 e. The minimum Gasteiger partial charge on any atom is -0.390 e. The average molecular weight is 244 g/mol. The molecule has 3 atom stereocenters. The fourth-order valence-electron chi connectivity index (χ4n) is 1.82. The summed E-state index contributed by atoms with van der Waals surface area (Å²) in [6, 6.07) is 0. The summed E-state index contributed by atoms with van der Waals surface area (Å²) in [5.74, 6) is 0. The molecule has 0 aromatic carbocycles. The van der Waals surface area contributed by atoms with Gasteiger partial charge >= 0.3 is 5.69 Å². The van der Waals surface area contributed by atoms with E-state index in [1.807, 2.05) is 0 Å². The molecule has 1 aromatic rings. The van der Waals surface area contributed by atoms with Gasteiger partial charge in [-0.1, -0.05) is 0 Å².